The molecule has 118 valence electrons. The van der Waals surface area contributed by atoms with Crippen LogP contribution in [0.1, 0.15) is 30.3 Å². The van der Waals surface area contributed by atoms with E-state index in [0.717, 1.165) is 0 Å². The van der Waals surface area contributed by atoms with Crippen LogP contribution in [0.5, 0.6) is 0 Å². The molecule has 0 fully saturated rings. The minimum atomic E-state index is -3.79. The van der Waals surface area contributed by atoms with E-state index >= 15 is 0 Å². The second-order valence-corrected chi connectivity index (χ2v) is 6.42. The number of amides is 1. The monoisotopic (exact) mass is 317 g/mol. The van der Waals surface area contributed by atoms with Crippen molar-refractivity contribution < 1.29 is 23.1 Å². The third kappa shape index (κ3) is 4.57. The van der Waals surface area contributed by atoms with Crippen molar-refractivity contribution in [1.82, 2.24) is 14.6 Å². The predicted octanol–water partition coefficient (Wildman–Crippen LogP) is -0.0837. The Kier molecular flexibility index (Phi) is 5.50. The van der Waals surface area contributed by atoms with Gasteiger partial charge < -0.3 is 15.0 Å². The molecule has 0 saturated heterocycles. The third-order valence-electron chi connectivity index (χ3n) is 2.90. The lowest BCUT2D eigenvalue weighted by Gasteiger charge is -2.12. The number of carbonyl (C=O) groups excluding carboxylic acids is 1. The standard InChI is InChI=1S/C12H19N3O5S/c1-8(4-5-11(16)17)14-21(19,20)9-6-10(12(18)13-2)15(3)7-9/h6-8,14H,4-5H2,1-3H3,(H,13,18)(H,16,17). The number of sulfonamides is 1. The number of nitrogens with zero attached hydrogens (tertiary/aromatic N) is 1. The molecule has 1 amide bonds. The quantitative estimate of drug-likeness (QED) is 0.650. The Labute approximate surface area is 123 Å². The van der Waals surface area contributed by atoms with Gasteiger partial charge in [0.05, 0.1) is 0 Å². The normalized spacial score (nSPS) is 12.9. The number of carboxylic acid groups (broad SMARTS) is 1. The fourth-order valence-corrected chi connectivity index (χ4v) is 3.11. The van der Waals surface area contributed by atoms with E-state index in [-0.39, 0.29) is 23.4 Å². The van der Waals surface area contributed by atoms with Crippen LogP contribution in [-0.4, -0.2) is 43.1 Å². The number of carbonyl (C=O) groups is 2. The molecule has 0 aliphatic rings. The zero-order chi connectivity index (χ0) is 16.2. The lowest BCUT2D eigenvalue weighted by atomic mass is 10.2. The molecular formula is C12H19N3O5S. The number of carboxylic acids is 1. The van der Waals surface area contributed by atoms with Crippen molar-refractivity contribution in [3.8, 4) is 0 Å². The number of aliphatic carboxylic acids is 1. The summed E-state index contributed by atoms with van der Waals surface area (Å²) in [5.74, 6) is -1.37. The van der Waals surface area contributed by atoms with Crippen LogP contribution in [-0.2, 0) is 21.9 Å². The molecule has 0 aliphatic heterocycles. The van der Waals surface area contributed by atoms with Gasteiger partial charge in [0, 0.05) is 32.8 Å². The van der Waals surface area contributed by atoms with Crippen LogP contribution < -0.4 is 10.0 Å². The highest BCUT2D eigenvalue weighted by Crippen LogP contribution is 2.14. The number of nitrogens with one attached hydrogen (secondary N) is 2. The molecule has 0 spiro atoms. The zero-order valence-electron chi connectivity index (χ0n) is 12.1. The van der Waals surface area contributed by atoms with E-state index in [9.17, 15) is 18.0 Å². The van der Waals surface area contributed by atoms with Crippen molar-refractivity contribution in [3.63, 3.8) is 0 Å². The molecule has 1 rings (SSSR count). The summed E-state index contributed by atoms with van der Waals surface area (Å²) in [6, 6.07) is 0.750. The maximum atomic E-state index is 12.2. The molecule has 1 aromatic heterocycles. The van der Waals surface area contributed by atoms with E-state index in [0.29, 0.717) is 0 Å². The Morgan fingerprint density at radius 3 is 2.57 bits per heavy atom. The maximum Gasteiger partial charge on any atom is 0.303 e. The van der Waals surface area contributed by atoms with Gasteiger partial charge in [-0.2, -0.15) is 0 Å². The van der Waals surface area contributed by atoms with Crippen LogP contribution in [0.15, 0.2) is 17.2 Å². The average molecular weight is 317 g/mol. The Hall–Kier alpha value is -1.87. The maximum absolute atomic E-state index is 12.2. The largest absolute Gasteiger partial charge is 0.481 e. The Morgan fingerprint density at radius 2 is 2.05 bits per heavy atom. The molecule has 1 atom stereocenters. The number of aromatic nitrogens is 1. The highest BCUT2D eigenvalue weighted by molar-refractivity contribution is 7.89. The van der Waals surface area contributed by atoms with Crippen molar-refractivity contribution in [3.05, 3.63) is 18.0 Å². The van der Waals surface area contributed by atoms with Gasteiger partial charge in [0.2, 0.25) is 10.0 Å². The summed E-state index contributed by atoms with van der Waals surface area (Å²) in [5, 5.41) is 11.0. The van der Waals surface area contributed by atoms with Gasteiger partial charge in [-0.3, -0.25) is 9.59 Å². The lowest BCUT2D eigenvalue weighted by molar-refractivity contribution is -0.137. The summed E-state index contributed by atoms with van der Waals surface area (Å²) in [6.07, 6.45) is 1.39. The van der Waals surface area contributed by atoms with Crippen LogP contribution in [0.2, 0.25) is 0 Å². The predicted molar refractivity (Wildman–Crippen MR) is 75.5 cm³/mol. The summed E-state index contributed by atoms with van der Waals surface area (Å²) >= 11 is 0. The van der Waals surface area contributed by atoms with E-state index in [4.69, 9.17) is 5.11 Å². The van der Waals surface area contributed by atoms with Gasteiger partial charge in [0.25, 0.3) is 5.91 Å². The molecular weight excluding hydrogens is 298 g/mol. The van der Waals surface area contributed by atoms with Crippen molar-refractivity contribution >= 4 is 21.9 Å². The molecule has 1 aromatic rings. The zero-order valence-corrected chi connectivity index (χ0v) is 12.9. The van der Waals surface area contributed by atoms with Gasteiger partial charge in [-0.1, -0.05) is 0 Å². The Balaban J connectivity index is 2.88. The van der Waals surface area contributed by atoms with E-state index in [1.54, 1.807) is 14.0 Å². The molecule has 1 unspecified atom stereocenters. The van der Waals surface area contributed by atoms with Gasteiger partial charge >= 0.3 is 5.97 Å². The van der Waals surface area contributed by atoms with E-state index in [2.05, 4.69) is 10.0 Å². The first kappa shape index (κ1) is 17.2. The van der Waals surface area contributed by atoms with Gasteiger partial charge in [-0.15, -0.1) is 0 Å². The van der Waals surface area contributed by atoms with Gasteiger partial charge in [-0.05, 0) is 19.4 Å². The summed E-state index contributed by atoms with van der Waals surface area (Å²) in [5.41, 5.74) is 0.219. The van der Waals surface area contributed by atoms with E-state index in [1.165, 1.54) is 23.9 Å². The molecule has 8 nitrogen and oxygen atoms in total. The minimum absolute atomic E-state index is 0.0363. The molecule has 3 N–H and O–H groups in total. The van der Waals surface area contributed by atoms with Crippen molar-refractivity contribution in [2.75, 3.05) is 7.05 Å². The fourth-order valence-electron chi connectivity index (χ4n) is 1.77. The number of rotatable bonds is 7. The van der Waals surface area contributed by atoms with Gasteiger partial charge in [-0.25, -0.2) is 13.1 Å². The number of aryl methyl sites for hydroxylation is 1. The molecule has 0 bridgehead atoms. The molecule has 0 aromatic carbocycles. The topological polar surface area (TPSA) is 118 Å². The fraction of sp³-hybridized carbons (Fsp3) is 0.500. The first-order chi connectivity index (χ1) is 9.67. The first-order valence-corrected chi connectivity index (χ1v) is 7.78. The van der Waals surface area contributed by atoms with Crippen LogP contribution in [0.4, 0.5) is 0 Å². The molecule has 0 radical (unpaired) electrons. The minimum Gasteiger partial charge on any atom is -0.481 e. The van der Waals surface area contributed by atoms with Gasteiger partial charge in [0.1, 0.15) is 10.6 Å². The highest BCUT2D eigenvalue weighted by Gasteiger charge is 2.22. The van der Waals surface area contributed by atoms with Crippen molar-refractivity contribution in [2.45, 2.75) is 30.7 Å². The number of hydrogen-bond donors (Lipinski definition) is 3. The van der Waals surface area contributed by atoms with Crippen molar-refractivity contribution in [1.29, 1.82) is 0 Å². The molecule has 0 aliphatic carbocycles. The van der Waals surface area contributed by atoms with Crippen LogP contribution in [0.25, 0.3) is 0 Å². The first-order valence-electron chi connectivity index (χ1n) is 6.30. The van der Waals surface area contributed by atoms with E-state index < -0.39 is 27.9 Å². The molecule has 0 saturated carbocycles. The molecule has 21 heavy (non-hydrogen) atoms. The second-order valence-electron chi connectivity index (χ2n) is 4.71. The lowest BCUT2D eigenvalue weighted by Crippen LogP contribution is -2.32. The number of hydrogen-bond acceptors (Lipinski definition) is 4. The highest BCUT2D eigenvalue weighted by atomic mass is 32.2. The van der Waals surface area contributed by atoms with Crippen molar-refractivity contribution in [2.24, 2.45) is 7.05 Å². The van der Waals surface area contributed by atoms with E-state index in [1.807, 2.05) is 0 Å². The van der Waals surface area contributed by atoms with Crippen LogP contribution in [0, 0.1) is 0 Å². The summed E-state index contributed by atoms with van der Waals surface area (Å²) in [6.45, 7) is 1.59. The summed E-state index contributed by atoms with van der Waals surface area (Å²) in [7, 11) is -0.774. The van der Waals surface area contributed by atoms with Crippen LogP contribution in [0.3, 0.4) is 0 Å². The van der Waals surface area contributed by atoms with Gasteiger partial charge in [0.15, 0.2) is 0 Å². The smallest absolute Gasteiger partial charge is 0.303 e. The second kappa shape index (κ2) is 6.72. The molecule has 1 heterocycles. The summed E-state index contributed by atoms with van der Waals surface area (Å²) < 4.78 is 28.1. The summed E-state index contributed by atoms with van der Waals surface area (Å²) in [4.78, 5) is 22.0. The SMILES string of the molecule is CNC(=O)c1cc(S(=O)(=O)NC(C)CCC(=O)O)cn1C. The molecule has 9 heteroatoms. The Bertz CT molecular complexity index is 635. The van der Waals surface area contributed by atoms with Crippen LogP contribution >= 0.6 is 0 Å². The Morgan fingerprint density at radius 1 is 1.43 bits per heavy atom. The third-order valence-corrected chi connectivity index (χ3v) is 4.45. The average Bonchev–Trinajstić information content (AvgIpc) is 2.78.